The summed E-state index contributed by atoms with van der Waals surface area (Å²) in [5.74, 6) is 0.394. The van der Waals surface area contributed by atoms with Crippen LogP contribution in [-0.4, -0.2) is 57.0 Å². The number of methoxy groups -OCH3 is 1. The summed E-state index contributed by atoms with van der Waals surface area (Å²) in [6.45, 7) is 6.08. The second-order valence-corrected chi connectivity index (χ2v) is 9.81. The largest absolute Gasteiger partial charge is 0.497 e. The predicted molar refractivity (Wildman–Crippen MR) is 143 cm³/mol. The molecule has 0 aliphatic heterocycles. The summed E-state index contributed by atoms with van der Waals surface area (Å²) < 4.78 is 13.2. The molecule has 1 aliphatic carbocycles. The SMILES string of the molecule is CCN(CC)c1ccc(-c2nnc(C3C(=O)CCC3=O)s2)c(OCc2cn(-c3ccc(OC)cc3)nn2)c1. The van der Waals surface area contributed by atoms with Gasteiger partial charge in [0.15, 0.2) is 16.6 Å². The lowest BCUT2D eigenvalue weighted by atomic mass is 10.1. The molecular formula is C27H28N6O4S. The molecule has 2 aromatic heterocycles. The zero-order valence-electron chi connectivity index (χ0n) is 21.5. The topological polar surface area (TPSA) is 112 Å². The number of carbonyl (C=O) groups is 2. The number of nitrogens with zero attached hydrogens (tertiary/aromatic N) is 6. The third kappa shape index (κ3) is 5.14. The van der Waals surface area contributed by atoms with Crippen LogP contribution in [0.2, 0.25) is 0 Å². The predicted octanol–water partition coefficient (Wildman–Crippen LogP) is 4.24. The molecule has 196 valence electrons. The van der Waals surface area contributed by atoms with E-state index in [9.17, 15) is 9.59 Å². The molecule has 1 aliphatic rings. The van der Waals surface area contributed by atoms with E-state index in [1.54, 1.807) is 11.8 Å². The summed E-state index contributed by atoms with van der Waals surface area (Å²) in [4.78, 5) is 26.7. The van der Waals surface area contributed by atoms with Crippen LogP contribution in [0.4, 0.5) is 5.69 Å². The smallest absolute Gasteiger partial charge is 0.151 e. The van der Waals surface area contributed by atoms with Gasteiger partial charge in [0.2, 0.25) is 0 Å². The summed E-state index contributed by atoms with van der Waals surface area (Å²) in [5.41, 5.74) is 3.26. The highest BCUT2D eigenvalue weighted by Crippen LogP contribution is 2.39. The zero-order valence-corrected chi connectivity index (χ0v) is 22.3. The highest BCUT2D eigenvalue weighted by molar-refractivity contribution is 7.15. The monoisotopic (exact) mass is 532 g/mol. The second kappa shape index (κ2) is 11.1. The quantitative estimate of drug-likeness (QED) is 0.277. The van der Waals surface area contributed by atoms with Crippen LogP contribution in [0.5, 0.6) is 11.5 Å². The molecule has 0 N–H and O–H groups in total. The lowest BCUT2D eigenvalue weighted by molar-refractivity contribution is -0.123. The lowest BCUT2D eigenvalue weighted by Gasteiger charge is -2.22. The van der Waals surface area contributed by atoms with Crippen molar-refractivity contribution in [1.82, 2.24) is 25.2 Å². The summed E-state index contributed by atoms with van der Waals surface area (Å²) in [5, 5.41) is 18.0. The van der Waals surface area contributed by atoms with Crippen molar-refractivity contribution in [2.75, 3.05) is 25.1 Å². The van der Waals surface area contributed by atoms with Crippen LogP contribution in [0.1, 0.15) is 43.3 Å². The number of ether oxygens (including phenoxy) is 2. The molecule has 1 fully saturated rings. The van der Waals surface area contributed by atoms with Gasteiger partial charge < -0.3 is 14.4 Å². The Balaban J connectivity index is 1.41. The van der Waals surface area contributed by atoms with E-state index in [0.29, 0.717) is 21.5 Å². The average Bonchev–Trinajstić information content (AvgIpc) is 3.69. The molecule has 10 nitrogen and oxygen atoms in total. The van der Waals surface area contributed by atoms with E-state index >= 15 is 0 Å². The van der Waals surface area contributed by atoms with Gasteiger partial charge in [-0.05, 0) is 50.2 Å². The van der Waals surface area contributed by atoms with Gasteiger partial charge in [-0.3, -0.25) is 9.59 Å². The minimum absolute atomic E-state index is 0.0917. The fraction of sp³-hybridized carbons (Fsp3) is 0.333. The summed E-state index contributed by atoms with van der Waals surface area (Å²) in [6, 6.07) is 13.5. The molecule has 0 unspecified atom stereocenters. The number of hydrogen-bond acceptors (Lipinski definition) is 10. The first-order valence-electron chi connectivity index (χ1n) is 12.5. The average molecular weight is 533 g/mol. The zero-order chi connectivity index (χ0) is 26.6. The minimum atomic E-state index is -0.798. The van der Waals surface area contributed by atoms with Gasteiger partial charge in [0.05, 0.1) is 24.6 Å². The van der Waals surface area contributed by atoms with Crippen LogP contribution >= 0.6 is 11.3 Å². The first-order valence-corrected chi connectivity index (χ1v) is 13.3. The van der Waals surface area contributed by atoms with Gasteiger partial charge in [-0.1, -0.05) is 16.6 Å². The van der Waals surface area contributed by atoms with Crippen molar-refractivity contribution in [3.63, 3.8) is 0 Å². The normalized spacial score (nSPS) is 13.8. The van der Waals surface area contributed by atoms with Gasteiger partial charge in [-0.15, -0.1) is 15.3 Å². The molecule has 38 heavy (non-hydrogen) atoms. The van der Waals surface area contributed by atoms with E-state index < -0.39 is 5.92 Å². The molecule has 2 heterocycles. The molecule has 0 saturated heterocycles. The van der Waals surface area contributed by atoms with Crippen molar-refractivity contribution < 1.29 is 19.1 Å². The highest BCUT2D eigenvalue weighted by Gasteiger charge is 2.37. The minimum Gasteiger partial charge on any atom is -0.497 e. The van der Waals surface area contributed by atoms with Crippen LogP contribution < -0.4 is 14.4 Å². The van der Waals surface area contributed by atoms with Crippen molar-refractivity contribution >= 4 is 28.6 Å². The number of benzene rings is 2. The Kier molecular flexibility index (Phi) is 7.45. The number of anilines is 1. The number of hydrogen-bond donors (Lipinski definition) is 0. The van der Waals surface area contributed by atoms with Crippen LogP contribution in [0.15, 0.2) is 48.7 Å². The van der Waals surface area contributed by atoms with Gasteiger partial charge in [0.25, 0.3) is 0 Å². The Morgan fingerprint density at radius 1 is 1.00 bits per heavy atom. The Morgan fingerprint density at radius 2 is 1.74 bits per heavy atom. The molecule has 4 aromatic rings. The summed E-state index contributed by atoms with van der Waals surface area (Å²) >= 11 is 1.26. The Bertz CT molecular complexity index is 1430. The fourth-order valence-corrected chi connectivity index (χ4v) is 5.44. The highest BCUT2D eigenvalue weighted by atomic mass is 32.1. The molecule has 0 radical (unpaired) electrons. The fourth-order valence-electron chi connectivity index (χ4n) is 4.42. The number of aromatic nitrogens is 5. The molecule has 11 heteroatoms. The van der Waals surface area contributed by atoms with E-state index in [4.69, 9.17) is 9.47 Å². The number of carbonyl (C=O) groups excluding carboxylic acids is 2. The van der Waals surface area contributed by atoms with Crippen molar-refractivity contribution in [3.8, 4) is 27.8 Å². The van der Waals surface area contributed by atoms with E-state index in [1.807, 2.05) is 48.7 Å². The van der Waals surface area contributed by atoms with Crippen LogP contribution in [-0.2, 0) is 16.2 Å². The first-order chi connectivity index (χ1) is 18.5. The van der Waals surface area contributed by atoms with E-state index in [1.165, 1.54) is 11.3 Å². The van der Waals surface area contributed by atoms with Gasteiger partial charge in [-0.25, -0.2) is 4.68 Å². The van der Waals surface area contributed by atoms with Crippen LogP contribution in [0.3, 0.4) is 0 Å². The van der Waals surface area contributed by atoms with Gasteiger partial charge in [0.1, 0.15) is 34.7 Å². The van der Waals surface area contributed by atoms with Crippen molar-refractivity contribution in [2.24, 2.45) is 0 Å². The third-order valence-electron chi connectivity index (χ3n) is 6.53. The van der Waals surface area contributed by atoms with Gasteiger partial charge >= 0.3 is 0 Å². The molecule has 0 spiro atoms. The van der Waals surface area contributed by atoms with Crippen molar-refractivity contribution in [3.05, 3.63) is 59.4 Å². The molecule has 5 rings (SSSR count). The lowest BCUT2D eigenvalue weighted by Crippen LogP contribution is -2.21. The number of Topliss-reactive ketones (excluding diaryl/α,β-unsaturated/α-hetero) is 2. The Morgan fingerprint density at radius 3 is 2.42 bits per heavy atom. The van der Waals surface area contributed by atoms with Gasteiger partial charge in [0, 0.05) is 37.7 Å². The number of ketones is 2. The molecule has 0 amide bonds. The Labute approximate surface area is 224 Å². The summed E-state index contributed by atoms with van der Waals surface area (Å²) in [6.07, 6.45) is 2.35. The molecule has 1 saturated carbocycles. The number of rotatable bonds is 10. The molecular weight excluding hydrogens is 504 g/mol. The van der Waals surface area contributed by atoms with Crippen molar-refractivity contribution in [2.45, 2.75) is 39.2 Å². The Hall–Kier alpha value is -4.12. The van der Waals surface area contributed by atoms with E-state index in [-0.39, 0.29) is 31.0 Å². The maximum Gasteiger partial charge on any atom is 0.151 e. The van der Waals surface area contributed by atoms with Crippen LogP contribution in [0.25, 0.3) is 16.3 Å². The third-order valence-corrected chi connectivity index (χ3v) is 7.55. The first kappa shape index (κ1) is 25.5. The molecule has 0 bridgehead atoms. The molecule has 0 atom stereocenters. The summed E-state index contributed by atoms with van der Waals surface area (Å²) in [7, 11) is 1.62. The van der Waals surface area contributed by atoms with Crippen LogP contribution in [0, 0.1) is 0 Å². The molecule has 2 aromatic carbocycles. The van der Waals surface area contributed by atoms with Crippen molar-refractivity contribution in [1.29, 1.82) is 0 Å². The van der Waals surface area contributed by atoms with Gasteiger partial charge in [-0.2, -0.15) is 0 Å². The maximum absolute atomic E-state index is 12.2. The second-order valence-electron chi connectivity index (χ2n) is 8.80. The standard InChI is InChI=1S/C27H28N6O4S/c1-4-32(5-2)19-8-11-21(26-29-30-27(38-26)25-22(34)12-13-23(25)35)24(14-19)37-16-17-15-33(31-28-17)18-6-9-20(36-3)10-7-18/h6-11,14-15,25H,4-5,12-13,16H2,1-3H3. The maximum atomic E-state index is 12.2. The van der Waals surface area contributed by atoms with E-state index in [0.717, 1.165) is 35.8 Å². The van der Waals surface area contributed by atoms with E-state index in [2.05, 4.69) is 39.3 Å².